The van der Waals surface area contributed by atoms with Crippen LogP contribution in [-0.4, -0.2) is 31.5 Å². The van der Waals surface area contributed by atoms with E-state index in [1.165, 1.54) is 6.98 Å². The second kappa shape index (κ2) is 8.29. The lowest BCUT2D eigenvalue weighted by Crippen LogP contribution is -2.31. The van der Waals surface area contributed by atoms with Crippen molar-refractivity contribution in [2.24, 2.45) is 0 Å². The van der Waals surface area contributed by atoms with E-state index in [2.05, 4.69) is 83.1 Å². The highest BCUT2D eigenvalue weighted by Gasteiger charge is 2.44. The highest BCUT2D eigenvalue weighted by atomic mass is 33.1. The van der Waals surface area contributed by atoms with Gasteiger partial charge in [0.2, 0.25) is 0 Å². The average molecular weight is 355 g/mol. The molecule has 0 rings (SSSR count). The lowest BCUT2D eigenvalue weighted by Gasteiger charge is -2.62. The van der Waals surface area contributed by atoms with Crippen LogP contribution < -0.4 is 0 Å². The Balaban J connectivity index is 6.06. The second-order valence-electron chi connectivity index (χ2n) is 7.90. The summed E-state index contributed by atoms with van der Waals surface area (Å²) < 4.78 is 0. The highest BCUT2D eigenvalue weighted by Crippen LogP contribution is 2.90. The van der Waals surface area contributed by atoms with E-state index in [1.54, 1.807) is 0 Å². The van der Waals surface area contributed by atoms with Crippen LogP contribution in [0.25, 0.3) is 0 Å². The summed E-state index contributed by atoms with van der Waals surface area (Å²) in [7, 11) is -1.15. The zero-order chi connectivity index (χ0) is 17.2. The predicted molar refractivity (Wildman–Crippen MR) is 114 cm³/mol. The standard InChI is InChI=1S/C18H43PS2/c1-13(2)20(14(3)4,15(5)6)19-21(16(7)8,17(9)10)18(11)12/h13-19H,1-12H3. The minimum atomic E-state index is -0.574. The van der Waals surface area contributed by atoms with Gasteiger partial charge in [0.1, 0.15) is 0 Å². The minimum absolute atomic E-state index is 0.574. The molecule has 132 valence electrons. The molecule has 0 aliphatic carbocycles. The van der Waals surface area contributed by atoms with Crippen molar-refractivity contribution < 1.29 is 0 Å². The third-order valence-electron chi connectivity index (χ3n) is 4.97. The van der Waals surface area contributed by atoms with Crippen molar-refractivity contribution in [1.82, 2.24) is 0 Å². The third kappa shape index (κ3) is 4.16. The van der Waals surface area contributed by atoms with Gasteiger partial charge in [-0.15, -0.1) is 0 Å². The summed E-state index contributed by atoms with van der Waals surface area (Å²) >= 11 is 0. The van der Waals surface area contributed by atoms with Gasteiger partial charge in [0, 0.05) is 0 Å². The molecule has 0 aromatic rings. The Hall–Kier alpha value is 1.13. The third-order valence-corrected chi connectivity index (χ3v) is 30.3. The summed E-state index contributed by atoms with van der Waals surface area (Å²) in [6.45, 7) is 31.3. The van der Waals surface area contributed by atoms with Gasteiger partial charge in [0.15, 0.2) is 0 Å². The molecule has 21 heavy (non-hydrogen) atoms. The first-order chi connectivity index (χ1) is 9.37. The molecule has 0 saturated carbocycles. The smallest absolute Gasteiger partial charge is 0.0126 e. The van der Waals surface area contributed by atoms with E-state index in [-0.39, 0.29) is 0 Å². The molecule has 0 nitrogen and oxygen atoms in total. The molecule has 0 spiro atoms. The molecule has 0 aromatic carbocycles. The van der Waals surface area contributed by atoms with Crippen LogP contribution in [-0.2, 0) is 0 Å². The van der Waals surface area contributed by atoms with Crippen LogP contribution in [0.3, 0.4) is 0 Å². The summed E-state index contributed by atoms with van der Waals surface area (Å²) in [5.41, 5.74) is 0. The van der Waals surface area contributed by atoms with Gasteiger partial charge >= 0.3 is 0 Å². The van der Waals surface area contributed by atoms with Gasteiger partial charge in [-0.2, -0.15) is 0 Å². The van der Waals surface area contributed by atoms with Crippen LogP contribution in [0.4, 0.5) is 0 Å². The van der Waals surface area contributed by atoms with Gasteiger partial charge in [0.25, 0.3) is 0 Å². The lowest BCUT2D eigenvalue weighted by atomic mass is 10.5. The molecular weight excluding hydrogens is 311 g/mol. The van der Waals surface area contributed by atoms with E-state index in [4.69, 9.17) is 0 Å². The predicted octanol–water partition coefficient (Wildman–Crippen LogP) is 7.55. The summed E-state index contributed by atoms with van der Waals surface area (Å²) in [6.07, 6.45) is 0. The largest absolute Gasteiger partial charge is 0.208 e. The monoisotopic (exact) mass is 354 g/mol. The van der Waals surface area contributed by atoms with Crippen molar-refractivity contribution in [2.75, 3.05) is 0 Å². The molecule has 0 saturated heterocycles. The molecule has 0 bridgehead atoms. The number of hydrogen-bond acceptors (Lipinski definition) is 0. The van der Waals surface area contributed by atoms with Crippen molar-refractivity contribution in [3.8, 4) is 0 Å². The number of rotatable bonds is 8. The molecule has 3 heteroatoms. The molecule has 0 aliphatic rings. The summed E-state index contributed by atoms with van der Waals surface area (Å²) in [6, 6.07) is 0. The first kappa shape index (κ1) is 22.1. The summed E-state index contributed by atoms with van der Waals surface area (Å²) in [5.74, 6) is 0. The fraction of sp³-hybridized carbons (Fsp3) is 1.00. The Morgan fingerprint density at radius 1 is 0.381 bits per heavy atom. The SMILES string of the molecule is CC(C)S(PS(C(C)C)(C(C)C)C(C)C)(C(C)C)C(C)C. The Morgan fingerprint density at radius 3 is 0.619 bits per heavy atom. The molecule has 0 aliphatic heterocycles. The Kier molecular flexibility index (Phi) is 8.74. The molecule has 0 atom stereocenters. The molecule has 0 amide bonds. The van der Waals surface area contributed by atoms with Crippen LogP contribution in [0, 0.1) is 0 Å². The highest BCUT2D eigenvalue weighted by molar-refractivity contribution is 9.04. The van der Waals surface area contributed by atoms with Crippen molar-refractivity contribution in [3.05, 3.63) is 0 Å². The fourth-order valence-electron chi connectivity index (χ4n) is 4.09. The fourth-order valence-corrected chi connectivity index (χ4v) is 32.1. The summed E-state index contributed by atoms with van der Waals surface area (Å²) in [5, 5.41) is 5.08. The van der Waals surface area contributed by atoms with Crippen molar-refractivity contribution >= 4 is 26.3 Å². The Bertz CT molecular complexity index is 233. The average Bonchev–Trinajstić information content (AvgIpc) is 2.26. The van der Waals surface area contributed by atoms with Gasteiger partial charge in [-0.1, -0.05) is 83.1 Å². The lowest BCUT2D eigenvalue weighted by molar-refractivity contribution is 0.961. The first-order valence-electron chi connectivity index (χ1n) is 8.75. The van der Waals surface area contributed by atoms with Crippen LogP contribution >= 0.6 is 26.3 Å². The van der Waals surface area contributed by atoms with E-state index >= 15 is 0 Å². The van der Waals surface area contributed by atoms with Crippen molar-refractivity contribution in [2.45, 2.75) is 115 Å². The van der Waals surface area contributed by atoms with Crippen LogP contribution in [0.2, 0.25) is 0 Å². The second-order valence-corrected chi connectivity index (χ2v) is 23.0. The zero-order valence-corrected chi connectivity index (χ0v) is 19.4. The Morgan fingerprint density at radius 2 is 0.524 bits per heavy atom. The van der Waals surface area contributed by atoms with Crippen LogP contribution in [0.1, 0.15) is 83.1 Å². The maximum atomic E-state index is 2.51. The zero-order valence-electron chi connectivity index (χ0n) is 16.8. The summed E-state index contributed by atoms with van der Waals surface area (Å²) in [4.78, 5) is 0. The van der Waals surface area contributed by atoms with Gasteiger partial charge in [-0.3, -0.25) is 0 Å². The van der Waals surface area contributed by atoms with Crippen LogP contribution in [0.5, 0.6) is 0 Å². The van der Waals surface area contributed by atoms with Crippen molar-refractivity contribution in [1.29, 1.82) is 0 Å². The van der Waals surface area contributed by atoms with E-state index in [0.717, 1.165) is 31.5 Å². The topological polar surface area (TPSA) is 0 Å². The molecule has 0 heterocycles. The van der Waals surface area contributed by atoms with E-state index < -0.39 is 19.3 Å². The molecule has 0 aromatic heterocycles. The molecule has 0 radical (unpaired) electrons. The first-order valence-corrected chi connectivity index (χ1v) is 14.8. The van der Waals surface area contributed by atoms with Gasteiger partial charge < -0.3 is 0 Å². The number of hydrogen-bond donors (Lipinski definition) is 0. The van der Waals surface area contributed by atoms with E-state index in [9.17, 15) is 0 Å². The van der Waals surface area contributed by atoms with Crippen molar-refractivity contribution in [3.63, 3.8) is 0 Å². The molecule has 0 N–H and O–H groups in total. The molecular formula is C18H43PS2. The Labute approximate surface area is 140 Å². The van der Waals surface area contributed by atoms with Crippen LogP contribution in [0.15, 0.2) is 0 Å². The van der Waals surface area contributed by atoms with Gasteiger partial charge in [-0.05, 0) is 38.5 Å². The van der Waals surface area contributed by atoms with E-state index in [1.807, 2.05) is 0 Å². The normalized spacial score (nSPS) is 16.1. The minimum Gasteiger partial charge on any atom is -0.208 e. The quantitative estimate of drug-likeness (QED) is 0.395. The van der Waals surface area contributed by atoms with Gasteiger partial charge in [0.05, 0.1) is 0 Å². The molecule has 0 unspecified atom stereocenters. The maximum absolute atomic E-state index is 2.51. The van der Waals surface area contributed by atoms with E-state index in [0.29, 0.717) is 0 Å². The van der Waals surface area contributed by atoms with Gasteiger partial charge in [-0.25, -0.2) is 19.3 Å². The molecule has 0 fully saturated rings. The maximum Gasteiger partial charge on any atom is -0.0126 e.